The zero-order chi connectivity index (χ0) is 14.5. The number of piperidine rings is 1. The number of likely N-dealkylation sites (tertiary alicyclic amines) is 1. The molecule has 116 valence electrons. The molecule has 1 saturated carbocycles. The Morgan fingerprint density at radius 1 is 1.14 bits per heavy atom. The highest BCUT2D eigenvalue weighted by Crippen LogP contribution is 2.20. The van der Waals surface area contributed by atoms with Crippen LogP contribution in [0.15, 0.2) is 24.3 Å². The maximum atomic E-state index is 6.02. The maximum absolute atomic E-state index is 6.02. The van der Waals surface area contributed by atoms with Crippen molar-refractivity contribution in [3.05, 3.63) is 35.4 Å². The lowest BCUT2D eigenvalue weighted by molar-refractivity contribution is 0.0441. The van der Waals surface area contributed by atoms with Crippen molar-refractivity contribution in [1.29, 1.82) is 0 Å². The number of ether oxygens (including phenoxy) is 1. The van der Waals surface area contributed by atoms with E-state index in [9.17, 15) is 0 Å². The Hall–Kier alpha value is -0.900. The molecule has 2 fully saturated rings. The molecule has 2 aliphatic rings. The van der Waals surface area contributed by atoms with Gasteiger partial charge in [0.15, 0.2) is 0 Å². The quantitative estimate of drug-likeness (QED) is 0.835. The summed E-state index contributed by atoms with van der Waals surface area (Å²) in [6, 6.07) is 10.0. The zero-order valence-corrected chi connectivity index (χ0v) is 13.2. The number of hydrogen-bond acceptors (Lipinski definition) is 3. The molecule has 3 nitrogen and oxygen atoms in total. The second-order valence-corrected chi connectivity index (χ2v) is 6.57. The van der Waals surface area contributed by atoms with Crippen molar-refractivity contribution in [3.63, 3.8) is 0 Å². The van der Waals surface area contributed by atoms with Crippen LogP contribution < -0.4 is 5.32 Å². The summed E-state index contributed by atoms with van der Waals surface area (Å²) in [4.78, 5) is 2.45. The van der Waals surface area contributed by atoms with Crippen molar-refractivity contribution in [3.8, 4) is 0 Å². The third-order valence-corrected chi connectivity index (χ3v) is 4.77. The molecule has 1 heterocycles. The lowest BCUT2D eigenvalue weighted by Gasteiger charge is -2.32. The van der Waals surface area contributed by atoms with Crippen LogP contribution >= 0.6 is 0 Å². The van der Waals surface area contributed by atoms with Crippen molar-refractivity contribution in [2.45, 2.75) is 57.3 Å². The van der Waals surface area contributed by atoms with Crippen LogP contribution in [0.2, 0.25) is 0 Å². The van der Waals surface area contributed by atoms with Gasteiger partial charge in [0.05, 0.1) is 13.2 Å². The molecule has 0 amide bonds. The lowest BCUT2D eigenvalue weighted by Crippen LogP contribution is -2.39. The molecule has 21 heavy (non-hydrogen) atoms. The normalized spacial score (nSPS) is 23.4. The third kappa shape index (κ3) is 4.53. The summed E-state index contributed by atoms with van der Waals surface area (Å²) in [5, 5.41) is 3.60. The zero-order valence-electron chi connectivity index (χ0n) is 13.2. The predicted molar refractivity (Wildman–Crippen MR) is 86.2 cm³/mol. The molecule has 1 saturated heterocycles. The minimum absolute atomic E-state index is 0.607. The van der Waals surface area contributed by atoms with Crippen LogP contribution in [0.25, 0.3) is 0 Å². The van der Waals surface area contributed by atoms with E-state index < -0.39 is 0 Å². The van der Waals surface area contributed by atoms with Crippen molar-refractivity contribution in [2.75, 3.05) is 20.2 Å². The summed E-state index contributed by atoms with van der Waals surface area (Å²) in [5.41, 5.74) is 2.73. The van der Waals surface area contributed by atoms with E-state index in [2.05, 4.69) is 41.5 Å². The van der Waals surface area contributed by atoms with E-state index in [1.165, 1.54) is 49.8 Å². The highest BCUT2D eigenvalue weighted by atomic mass is 16.5. The largest absolute Gasteiger partial charge is 0.375 e. The molecule has 1 atom stereocenters. The molecule has 1 unspecified atom stereocenters. The molecular formula is C18H28N2O. The van der Waals surface area contributed by atoms with Crippen molar-refractivity contribution < 1.29 is 4.74 Å². The van der Waals surface area contributed by atoms with Gasteiger partial charge < -0.3 is 15.0 Å². The fourth-order valence-corrected chi connectivity index (χ4v) is 3.07. The molecular weight excluding hydrogens is 260 g/mol. The minimum atomic E-state index is 0.607. The molecule has 0 aromatic heterocycles. The Bertz CT molecular complexity index is 445. The Morgan fingerprint density at radius 2 is 1.95 bits per heavy atom. The van der Waals surface area contributed by atoms with E-state index in [1.807, 2.05) is 0 Å². The summed E-state index contributed by atoms with van der Waals surface area (Å²) in [7, 11) is 2.22. The molecule has 0 bridgehead atoms. The van der Waals surface area contributed by atoms with E-state index >= 15 is 0 Å². The first-order valence-electron chi connectivity index (χ1n) is 8.41. The van der Waals surface area contributed by atoms with Gasteiger partial charge in [-0.05, 0) is 50.4 Å². The smallest absolute Gasteiger partial charge is 0.0720 e. The van der Waals surface area contributed by atoms with Gasteiger partial charge >= 0.3 is 0 Å². The fraction of sp³-hybridized carbons (Fsp3) is 0.667. The van der Waals surface area contributed by atoms with Crippen LogP contribution in [0, 0.1) is 0 Å². The maximum Gasteiger partial charge on any atom is 0.0720 e. The van der Waals surface area contributed by atoms with Crippen LogP contribution in [0.3, 0.4) is 0 Å². The number of hydrogen-bond donors (Lipinski definition) is 1. The van der Waals surface area contributed by atoms with Gasteiger partial charge in [0, 0.05) is 18.6 Å². The number of benzene rings is 1. The standard InChI is InChI=1S/C18H28N2O/c1-20-11-5-4-8-18(20)14-21-13-16-7-3-2-6-15(16)12-19-17-9-10-17/h2-3,6-7,17-19H,4-5,8-14H2,1H3. The number of nitrogens with zero attached hydrogens (tertiary/aromatic N) is 1. The fourth-order valence-electron chi connectivity index (χ4n) is 3.07. The predicted octanol–water partition coefficient (Wildman–Crippen LogP) is 2.94. The van der Waals surface area contributed by atoms with E-state index in [-0.39, 0.29) is 0 Å². The average Bonchev–Trinajstić information content (AvgIpc) is 3.32. The number of nitrogens with one attached hydrogen (secondary N) is 1. The summed E-state index contributed by atoms with van der Waals surface area (Å²) >= 11 is 0. The Morgan fingerprint density at radius 3 is 2.71 bits per heavy atom. The van der Waals surface area contributed by atoms with Gasteiger partial charge in [-0.1, -0.05) is 30.7 Å². The van der Waals surface area contributed by atoms with Gasteiger partial charge in [0.25, 0.3) is 0 Å². The van der Waals surface area contributed by atoms with Crippen molar-refractivity contribution in [1.82, 2.24) is 10.2 Å². The van der Waals surface area contributed by atoms with Crippen LogP contribution in [0.1, 0.15) is 43.2 Å². The molecule has 3 rings (SSSR count). The SMILES string of the molecule is CN1CCCCC1COCc1ccccc1CNC1CC1. The van der Waals surface area contributed by atoms with Gasteiger partial charge in [0.1, 0.15) is 0 Å². The van der Waals surface area contributed by atoms with Gasteiger partial charge in [-0.25, -0.2) is 0 Å². The molecule has 0 spiro atoms. The minimum Gasteiger partial charge on any atom is -0.375 e. The van der Waals surface area contributed by atoms with Crippen LogP contribution in [0.4, 0.5) is 0 Å². The number of likely N-dealkylation sites (N-methyl/N-ethyl adjacent to an activating group) is 1. The van der Waals surface area contributed by atoms with Gasteiger partial charge in [-0.2, -0.15) is 0 Å². The molecule has 1 aromatic rings. The van der Waals surface area contributed by atoms with Crippen LogP contribution in [0.5, 0.6) is 0 Å². The molecule has 1 aliphatic heterocycles. The Balaban J connectivity index is 1.47. The topological polar surface area (TPSA) is 24.5 Å². The first-order valence-corrected chi connectivity index (χ1v) is 8.41. The van der Waals surface area contributed by atoms with E-state index in [1.54, 1.807) is 0 Å². The van der Waals surface area contributed by atoms with Gasteiger partial charge in [-0.3, -0.25) is 0 Å². The van der Waals surface area contributed by atoms with Crippen molar-refractivity contribution >= 4 is 0 Å². The molecule has 3 heteroatoms. The first kappa shape index (κ1) is 15.0. The van der Waals surface area contributed by atoms with Crippen LogP contribution in [-0.4, -0.2) is 37.2 Å². The number of rotatable bonds is 7. The van der Waals surface area contributed by atoms with Crippen molar-refractivity contribution in [2.24, 2.45) is 0 Å². The summed E-state index contributed by atoms with van der Waals surface area (Å²) in [6.07, 6.45) is 6.64. The van der Waals surface area contributed by atoms with Gasteiger partial charge in [0.2, 0.25) is 0 Å². The second-order valence-electron chi connectivity index (χ2n) is 6.57. The molecule has 1 N–H and O–H groups in total. The third-order valence-electron chi connectivity index (χ3n) is 4.77. The summed E-state index contributed by atoms with van der Waals surface area (Å²) in [6.45, 7) is 3.80. The summed E-state index contributed by atoms with van der Waals surface area (Å²) < 4.78 is 6.02. The van der Waals surface area contributed by atoms with E-state index in [0.717, 1.165) is 25.8 Å². The summed E-state index contributed by atoms with van der Waals surface area (Å²) in [5.74, 6) is 0. The first-order chi connectivity index (χ1) is 10.3. The molecule has 0 radical (unpaired) electrons. The second kappa shape index (κ2) is 7.39. The Kier molecular flexibility index (Phi) is 5.28. The highest BCUT2D eigenvalue weighted by molar-refractivity contribution is 5.26. The molecule has 1 aromatic carbocycles. The van der Waals surface area contributed by atoms with Gasteiger partial charge in [-0.15, -0.1) is 0 Å². The van der Waals surface area contributed by atoms with Crippen LogP contribution in [-0.2, 0) is 17.9 Å². The molecule has 1 aliphatic carbocycles. The monoisotopic (exact) mass is 288 g/mol. The average molecular weight is 288 g/mol. The van der Waals surface area contributed by atoms with E-state index in [0.29, 0.717) is 6.04 Å². The van der Waals surface area contributed by atoms with E-state index in [4.69, 9.17) is 4.74 Å². The Labute approximate surface area is 128 Å². The lowest BCUT2D eigenvalue weighted by atomic mass is 10.0. The highest BCUT2D eigenvalue weighted by Gasteiger charge is 2.21.